The number of morpholine rings is 1. The van der Waals surface area contributed by atoms with Gasteiger partial charge in [0.25, 0.3) is 0 Å². The van der Waals surface area contributed by atoms with Crippen LogP contribution < -0.4 is 0 Å². The summed E-state index contributed by atoms with van der Waals surface area (Å²) >= 11 is 0. The summed E-state index contributed by atoms with van der Waals surface area (Å²) in [6.07, 6.45) is 0.891. The van der Waals surface area contributed by atoms with E-state index in [0.717, 1.165) is 5.56 Å². The van der Waals surface area contributed by atoms with E-state index in [9.17, 15) is 15.1 Å². The molecule has 124 valence electrons. The number of esters is 1. The van der Waals surface area contributed by atoms with Crippen LogP contribution in [0.1, 0.15) is 24.3 Å². The van der Waals surface area contributed by atoms with E-state index >= 15 is 0 Å². The van der Waals surface area contributed by atoms with Crippen molar-refractivity contribution < 1.29 is 24.0 Å². The first-order valence-electron chi connectivity index (χ1n) is 8.11. The van der Waals surface area contributed by atoms with Crippen molar-refractivity contribution in [1.82, 2.24) is 0 Å². The Morgan fingerprint density at radius 2 is 1.96 bits per heavy atom. The van der Waals surface area contributed by atoms with E-state index in [2.05, 4.69) is 0 Å². The molecule has 23 heavy (non-hydrogen) atoms. The Bertz CT molecular complexity index is 584. The van der Waals surface area contributed by atoms with Gasteiger partial charge in [0.15, 0.2) is 0 Å². The summed E-state index contributed by atoms with van der Waals surface area (Å²) in [7, 11) is 1.70. The fraction of sp³-hybridized carbons (Fsp3) is 0.588. The summed E-state index contributed by atoms with van der Waals surface area (Å²) in [6, 6.07) is 8.86. The highest BCUT2D eigenvalue weighted by Gasteiger charge is 2.69. The number of carbonyl (C=O) groups is 1. The third-order valence-corrected chi connectivity index (χ3v) is 5.60. The minimum atomic E-state index is -0.672. The van der Waals surface area contributed by atoms with Crippen LogP contribution in [-0.4, -0.2) is 59.8 Å². The molecule has 0 spiro atoms. The molecule has 4 rings (SSSR count). The van der Waals surface area contributed by atoms with Gasteiger partial charge in [0.05, 0.1) is 13.7 Å². The van der Waals surface area contributed by atoms with Gasteiger partial charge in [-0.2, -0.15) is 0 Å². The van der Waals surface area contributed by atoms with E-state index in [4.69, 9.17) is 9.47 Å². The zero-order valence-corrected chi connectivity index (χ0v) is 13.0. The van der Waals surface area contributed by atoms with E-state index in [0.29, 0.717) is 12.8 Å². The molecule has 0 radical (unpaired) electrons. The maximum Gasteiger partial charge on any atom is 0.316 e. The van der Waals surface area contributed by atoms with Crippen molar-refractivity contribution in [2.45, 2.75) is 49.2 Å². The van der Waals surface area contributed by atoms with E-state index in [1.165, 1.54) is 0 Å². The second-order valence-electron chi connectivity index (χ2n) is 6.94. The van der Waals surface area contributed by atoms with Gasteiger partial charge >= 0.3 is 5.97 Å². The van der Waals surface area contributed by atoms with Crippen LogP contribution in [0.4, 0.5) is 0 Å². The van der Waals surface area contributed by atoms with E-state index < -0.39 is 11.9 Å². The maximum atomic E-state index is 12.6. The lowest BCUT2D eigenvalue weighted by Crippen LogP contribution is -2.58. The van der Waals surface area contributed by atoms with Gasteiger partial charge in [-0.1, -0.05) is 30.3 Å². The van der Waals surface area contributed by atoms with Gasteiger partial charge in [-0.3, -0.25) is 4.79 Å². The van der Waals surface area contributed by atoms with Crippen LogP contribution in [-0.2, 0) is 14.3 Å². The number of hydroxylamine groups is 3. The van der Waals surface area contributed by atoms with Crippen LogP contribution >= 0.6 is 0 Å². The summed E-state index contributed by atoms with van der Waals surface area (Å²) in [5.74, 6) is -1.09. The molecule has 0 saturated carbocycles. The van der Waals surface area contributed by atoms with Crippen molar-refractivity contribution in [3.8, 4) is 0 Å². The molecule has 3 fully saturated rings. The lowest BCUT2D eigenvalue weighted by Gasteiger charge is -2.51. The van der Waals surface area contributed by atoms with Gasteiger partial charge in [0.2, 0.25) is 0 Å². The van der Waals surface area contributed by atoms with Crippen molar-refractivity contribution in [2.75, 3.05) is 13.7 Å². The third-order valence-electron chi connectivity index (χ3n) is 5.60. The number of rotatable bonds is 4. The number of aliphatic hydroxyl groups is 1. The summed E-state index contributed by atoms with van der Waals surface area (Å²) in [4.78, 5) is 12.4. The molecule has 0 amide bonds. The number of carbonyl (C=O) groups excluding carboxylic acids is 1. The summed E-state index contributed by atoms with van der Waals surface area (Å²) in [5.41, 5.74) is 0.745. The normalized spacial score (nSPS) is 42.0. The molecule has 3 saturated heterocycles. The summed E-state index contributed by atoms with van der Waals surface area (Å²) < 4.78 is 10.9. The average molecular weight is 319 g/mol. The molecule has 3 aliphatic heterocycles. The number of benzene rings is 1. The van der Waals surface area contributed by atoms with E-state index in [1.807, 2.05) is 18.2 Å². The first-order chi connectivity index (χ1) is 11.0. The van der Waals surface area contributed by atoms with Crippen LogP contribution in [0, 0.1) is 5.21 Å². The van der Waals surface area contributed by atoms with Crippen LogP contribution in [0.2, 0.25) is 0 Å². The first kappa shape index (κ1) is 15.1. The summed E-state index contributed by atoms with van der Waals surface area (Å²) in [6.45, 7) is -0.286. The fourth-order valence-electron chi connectivity index (χ4n) is 4.25. The molecule has 2 unspecified atom stereocenters. The van der Waals surface area contributed by atoms with E-state index in [1.54, 1.807) is 19.2 Å². The average Bonchev–Trinajstić information content (AvgIpc) is 3.27. The van der Waals surface area contributed by atoms with Gasteiger partial charge in [0.1, 0.15) is 36.3 Å². The molecule has 7 atom stereocenters. The van der Waals surface area contributed by atoms with Gasteiger partial charge < -0.3 is 24.4 Å². The quantitative estimate of drug-likeness (QED) is 0.386. The lowest BCUT2D eigenvalue weighted by molar-refractivity contribution is -0.911. The fourth-order valence-corrected chi connectivity index (χ4v) is 4.25. The number of ether oxygens (including phenoxy) is 2. The van der Waals surface area contributed by atoms with Crippen LogP contribution in [0.3, 0.4) is 0 Å². The number of hydrogen-bond donors (Lipinski definition) is 1. The molecule has 6 nitrogen and oxygen atoms in total. The Morgan fingerprint density at radius 1 is 1.35 bits per heavy atom. The molecule has 0 aliphatic carbocycles. The first-order valence-corrected chi connectivity index (χ1v) is 8.11. The van der Waals surface area contributed by atoms with Crippen molar-refractivity contribution >= 4 is 5.97 Å². The highest BCUT2D eigenvalue weighted by molar-refractivity contribution is 5.78. The van der Waals surface area contributed by atoms with Crippen molar-refractivity contribution in [3.05, 3.63) is 41.1 Å². The third kappa shape index (κ3) is 2.37. The molecule has 3 heterocycles. The molecule has 6 heteroatoms. The minimum absolute atomic E-state index is 0.0361. The number of quaternary nitrogens is 1. The number of aliphatic hydroxyl groups excluding tert-OH is 1. The van der Waals surface area contributed by atoms with Crippen molar-refractivity contribution in [1.29, 1.82) is 0 Å². The van der Waals surface area contributed by atoms with E-state index in [-0.39, 0.29) is 41.6 Å². The van der Waals surface area contributed by atoms with Crippen molar-refractivity contribution in [2.24, 2.45) is 0 Å². The Balaban J connectivity index is 1.44. The number of nitrogens with zero attached hydrogens (tertiary/aromatic N) is 1. The second-order valence-corrected chi connectivity index (χ2v) is 6.94. The number of likely N-dealkylation sites (N-methyl/N-ethyl adjacent to an activating group) is 1. The Labute approximate surface area is 134 Å². The zero-order valence-electron chi connectivity index (χ0n) is 13.0. The predicted octanol–water partition coefficient (Wildman–Crippen LogP) is 0.931. The topological polar surface area (TPSA) is 82.1 Å². The lowest BCUT2D eigenvalue weighted by atomic mass is 9.97. The van der Waals surface area contributed by atoms with Crippen molar-refractivity contribution in [3.63, 3.8) is 0 Å². The number of piperidine rings is 1. The molecule has 1 aromatic rings. The molecule has 2 bridgehead atoms. The Morgan fingerprint density at radius 3 is 2.52 bits per heavy atom. The minimum Gasteiger partial charge on any atom is -0.632 e. The molecular weight excluding hydrogens is 298 g/mol. The van der Waals surface area contributed by atoms with Crippen LogP contribution in [0.5, 0.6) is 0 Å². The monoisotopic (exact) mass is 319 g/mol. The Hall–Kier alpha value is -1.47. The SMILES string of the molecule is C[N+]1([O-])[C@@H]2CC(OC(=O)[C@@H](CO)c3ccccc3)C[C@H]1[C@H]1O[C@@H]12. The van der Waals surface area contributed by atoms with Gasteiger partial charge in [-0.05, 0) is 5.56 Å². The number of hydrogen-bond acceptors (Lipinski definition) is 5. The number of fused-ring (bicyclic) bond motifs is 5. The Kier molecular flexibility index (Phi) is 3.46. The van der Waals surface area contributed by atoms with Gasteiger partial charge in [0, 0.05) is 12.8 Å². The molecular formula is C17H21NO5. The predicted molar refractivity (Wildman–Crippen MR) is 81.2 cm³/mol. The molecule has 1 aromatic carbocycles. The van der Waals surface area contributed by atoms with Gasteiger partial charge in [-0.25, -0.2) is 0 Å². The summed E-state index contributed by atoms with van der Waals surface area (Å²) in [5, 5.41) is 22.2. The van der Waals surface area contributed by atoms with Gasteiger partial charge in [-0.15, -0.1) is 0 Å². The molecule has 1 N–H and O–H groups in total. The smallest absolute Gasteiger partial charge is 0.316 e. The molecule has 0 aromatic heterocycles. The molecule has 3 aliphatic rings. The maximum absolute atomic E-state index is 12.6. The standard InChI is InChI=1S/C17H21NO5/c1-18(21)13-7-11(8-14(18)16-15(13)23-16)22-17(20)12(9-19)10-5-3-2-4-6-10/h2-6,11-16,19H,7-9H2,1H3/t11?,12-,13-,14+,15+,16+,18?/m0/s1. The zero-order chi connectivity index (χ0) is 16.2. The van der Waals surface area contributed by atoms with Crippen LogP contribution in [0.25, 0.3) is 0 Å². The second kappa shape index (κ2) is 5.27. The largest absolute Gasteiger partial charge is 0.632 e. The number of epoxide rings is 1. The van der Waals surface area contributed by atoms with Crippen LogP contribution in [0.15, 0.2) is 30.3 Å². The highest BCUT2D eigenvalue weighted by Crippen LogP contribution is 2.52. The highest BCUT2D eigenvalue weighted by atomic mass is 16.6.